The Balaban J connectivity index is 2.68. The topological polar surface area (TPSA) is 20.3 Å². The molecule has 0 aliphatic carbocycles. The average molecular weight is 204 g/mol. The second kappa shape index (κ2) is 2.42. The third-order valence-corrected chi connectivity index (χ3v) is 2.24. The van der Waals surface area contributed by atoms with Crippen LogP contribution in [0.15, 0.2) is 24.3 Å². The van der Waals surface area contributed by atoms with E-state index in [1.807, 2.05) is 0 Å². The molecule has 0 bridgehead atoms. The van der Waals surface area contributed by atoms with E-state index in [2.05, 4.69) is 0 Å². The van der Waals surface area contributed by atoms with Crippen molar-refractivity contribution < 1.29 is 13.6 Å². The molecule has 0 fully saturated rings. The second-order valence-corrected chi connectivity index (χ2v) is 3.02. The van der Waals surface area contributed by atoms with Crippen LogP contribution in [0.5, 0.6) is 0 Å². The summed E-state index contributed by atoms with van der Waals surface area (Å²) in [6, 6.07) is 5.55. The Morgan fingerprint density at radius 1 is 1.31 bits per heavy atom. The predicted octanol–water partition coefficient (Wildman–Crippen LogP) is 2.28. The molecule has 0 radical (unpaired) electrons. The number of rotatable bonds is 0. The van der Waals surface area contributed by atoms with Gasteiger partial charge in [-0.25, -0.2) is 4.42 Å². The van der Waals surface area contributed by atoms with E-state index in [0.29, 0.717) is 4.42 Å². The smallest absolute Gasteiger partial charge is 0.266 e. The van der Waals surface area contributed by atoms with E-state index < -0.39 is 11.8 Å². The minimum Gasteiger partial charge on any atom is -0.266 e. The zero-order valence-electron chi connectivity index (χ0n) is 6.30. The molecule has 0 saturated carbocycles. The SMILES string of the molecule is O=C1N(Cl)c2ccccc2C1(F)F. The summed E-state index contributed by atoms with van der Waals surface area (Å²) in [4.78, 5) is 10.9. The molecule has 0 N–H and O–H groups in total. The highest BCUT2D eigenvalue weighted by Crippen LogP contribution is 2.44. The number of para-hydroxylation sites is 1. The fourth-order valence-corrected chi connectivity index (χ4v) is 1.51. The van der Waals surface area contributed by atoms with Gasteiger partial charge in [-0.05, 0) is 6.07 Å². The third kappa shape index (κ3) is 0.951. The summed E-state index contributed by atoms with van der Waals surface area (Å²) in [7, 11) is 0. The lowest BCUT2D eigenvalue weighted by molar-refractivity contribution is -0.140. The van der Waals surface area contributed by atoms with E-state index in [1.54, 1.807) is 6.07 Å². The van der Waals surface area contributed by atoms with E-state index >= 15 is 0 Å². The third-order valence-electron chi connectivity index (χ3n) is 1.90. The highest BCUT2D eigenvalue weighted by Gasteiger charge is 2.52. The van der Waals surface area contributed by atoms with Crippen molar-refractivity contribution in [2.24, 2.45) is 0 Å². The molecular weight excluding hydrogens is 200 g/mol. The predicted molar refractivity (Wildman–Crippen MR) is 43.7 cm³/mol. The van der Waals surface area contributed by atoms with E-state index in [4.69, 9.17) is 11.8 Å². The Hall–Kier alpha value is -1.16. The van der Waals surface area contributed by atoms with Gasteiger partial charge in [0.05, 0.1) is 11.3 Å². The van der Waals surface area contributed by atoms with Gasteiger partial charge in [0.1, 0.15) is 0 Å². The molecule has 1 aliphatic rings. The maximum absolute atomic E-state index is 13.1. The van der Waals surface area contributed by atoms with Crippen molar-refractivity contribution in [2.45, 2.75) is 5.92 Å². The summed E-state index contributed by atoms with van der Waals surface area (Å²) in [6.07, 6.45) is 0. The van der Waals surface area contributed by atoms with Crippen LogP contribution in [0.3, 0.4) is 0 Å². The first-order chi connectivity index (χ1) is 6.05. The van der Waals surface area contributed by atoms with Crippen molar-refractivity contribution in [1.29, 1.82) is 0 Å². The number of carbonyl (C=O) groups excluding carboxylic acids is 1. The van der Waals surface area contributed by atoms with Crippen molar-refractivity contribution >= 4 is 23.4 Å². The number of carbonyl (C=O) groups is 1. The molecule has 1 aromatic carbocycles. The molecule has 2 nitrogen and oxygen atoms in total. The van der Waals surface area contributed by atoms with E-state index in [0.717, 1.165) is 0 Å². The van der Waals surface area contributed by atoms with Crippen molar-refractivity contribution in [3.63, 3.8) is 0 Å². The number of amides is 1. The molecule has 68 valence electrons. The standard InChI is InChI=1S/C8H4ClF2NO/c9-12-6-4-2-1-3-5(6)8(10,11)7(12)13/h1-4H. The zero-order valence-corrected chi connectivity index (χ0v) is 7.05. The summed E-state index contributed by atoms with van der Waals surface area (Å²) in [6.45, 7) is 0. The van der Waals surface area contributed by atoms with Crippen LogP contribution in [0.2, 0.25) is 0 Å². The maximum atomic E-state index is 13.1. The Bertz CT molecular complexity index is 380. The normalized spacial score (nSPS) is 19.0. The quantitative estimate of drug-likeness (QED) is 0.593. The minimum absolute atomic E-state index is 0.0548. The van der Waals surface area contributed by atoms with Crippen molar-refractivity contribution in [2.75, 3.05) is 4.42 Å². The Labute approximate surface area is 77.8 Å². The number of anilines is 1. The molecule has 1 amide bonds. The molecule has 2 rings (SSSR count). The first-order valence-electron chi connectivity index (χ1n) is 3.53. The van der Waals surface area contributed by atoms with Gasteiger partial charge < -0.3 is 0 Å². The summed E-state index contributed by atoms with van der Waals surface area (Å²) in [5.74, 6) is -4.88. The monoisotopic (exact) mass is 203 g/mol. The lowest BCUT2D eigenvalue weighted by Crippen LogP contribution is -2.28. The van der Waals surface area contributed by atoms with Gasteiger partial charge in [0.15, 0.2) is 0 Å². The second-order valence-electron chi connectivity index (χ2n) is 2.68. The number of alkyl halides is 2. The van der Waals surface area contributed by atoms with Gasteiger partial charge >= 0.3 is 11.8 Å². The van der Waals surface area contributed by atoms with Crippen LogP contribution in [0.25, 0.3) is 0 Å². The molecule has 0 aromatic heterocycles. The van der Waals surface area contributed by atoms with Gasteiger partial charge in [0, 0.05) is 11.8 Å². The molecular formula is C8H4ClF2NO. The van der Waals surface area contributed by atoms with Gasteiger partial charge in [0.2, 0.25) is 0 Å². The number of fused-ring (bicyclic) bond motifs is 1. The van der Waals surface area contributed by atoms with E-state index in [-0.39, 0.29) is 11.3 Å². The van der Waals surface area contributed by atoms with Gasteiger partial charge in [0.25, 0.3) is 0 Å². The van der Waals surface area contributed by atoms with Crippen molar-refractivity contribution in [1.82, 2.24) is 0 Å². The molecule has 5 heteroatoms. The summed E-state index contributed by atoms with van der Waals surface area (Å²) in [5.41, 5.74) is -0.283. The Morgan fingerprint density at radius 3 is 2.54 bits per heavy atom. The molecule has 1 aromatic rings. The maximum Gasteiger partial charge on any atom is 0.353 e. The molecule has 13 heavy (non-hydrogen) atoms. The first-order valence-corrected chi connectivity index (χ1v) is 3.86. The molecule has 0 spiro atoms. The number of benzene rings is 1. The highest BCUT2D eigenvalue weighted by molar-refractivity contribution is 6.39. The van der Waals surface area contributed by atoms with Gasteiger partial charge in [-0.15, -0.1) is 0 Å². The average Bonchev–Trinajstić information content (AvgIpc) is 2.30. The molecule has 0 atom stereocenters. The molecule has 1 heterocycles. The van der Waals surface area contributed by atoms with Crippen LogP contribution in [-0.4, -0.2) is 5.91 Å². The van der Waals surface area contributed by atoms with E-state index in [9.17, 15) is 13.6 Å². The molecule has 1 aliphatic heterocycles. The van der Waals surface area contributed by atoms with Crippen LogP contribution >= 0.6 is 11.8 Å². The fraction of sp³-hybridized carbons (Fsp3) is 0.125. The van der Waals surface area contributed by atoms with Gasteiger partial charge in [-0.1, -0.05) is 18.2 Å². The van der Waals surface area contributed by atoms with Crippen molar-refractivity contribution in [3.8, 4) is 0 Å². The first kappa shape index (κ1) is 8.44. The lowest BCUT2D eigenvalue weighted by atomic mass is 10.1. The van der Waals surface area contributed by atoms with Gasteiger partial charge in [-0.3, -0.25) is 4.79 Å². The number of halogens is 3. The van der Waals surface area contributed by atoms with Crippen LogP contribution in [-0.2, 0) is 10.7 Å². The summed E-state index contributed by atoms with van der Waals surface area (Å²) >= 11 is 5.38. The van der Waals surface area contributed by atoms with E-state index in [1.165, 1.54) is 18.2 Å². The van der Waals surface area contributed by atoms with Crippen LogP contribution < -0.4 is 4.42 Å². The number of nitrogens with zero attached hydrogens (tertiary/aromatic N) is 1. The highest BCUT2D eigenvalue weighted by atomic mass is 35.5. The largest absolute Gasteiger partial charge is 0.353 e. The number of hydrogen-bond acceptors (Lipinski definition) is 1. The molecule has 0 saturated heterocycles. The van der Waals surface area contributed by atoms with Gasteiger partial charge in [-0.2, -0.15) is 8.78 Å². The Morgan fingerprint density at radius 2 is 1.92 bits per heavy atom. The summed E-state index contributed by atoms with van der Waals surface area (Å²) in [5, 5.41) is 0. The molecule has 0 unspecified atom stereocenters. The lowest BCUT2D eigenvalue weighted by Gasteiger charge is -2.05. The van der Waals surface area contributed by atoms with Crippen LogP contribution in [0.1, 0.15) is 5.56 Å². The van der Waals surface area contributed by atoms with Crippen molar-refractivity contribution in [3.05, 3.63) is 29.8 Å². The fourth-order valence-electron chi connectivity index (χ4n) is 1.26. The minimum atomic E-state index is -3.49. The number of hydrogen-bond donors (Lipinski definition) is 0. The Kier molecular flexibility index (Phi) is 1.57. The summed E-state index contributed by atoms with van der Waals surface area (Å²) < 4.78 is 26.7. The van der Waals surface area contributed by atoms with Crippen LogP contribution in [0, 0.1) is 0 Å². The zero-order chi connectivity index (χ0) is 9.64. The van der Waals surface area contributed by atoms with Crippen LogP contribution in [0.4, 0.5) is 14.5 Å².